The number of aliphatic hydroxyl groups is 1. The highest BCUT2D eigenvalue weighted by atomic mass is 16.6. The molecule has 0 aliphatic rings. The normalized spacial score (nSPS) is 12.9. The van der Waals surface area contributed by atoms with E-state index in [0.29, 0.717) is 41.5 Å². The van der Waals surface area contributed by atoms with Crippen molar-refractivity contribution in [3.8, 4) is 5.75 Å². The summed E-state index contributed by atoms with van der Waals surface area (Å²) in [5.74, 6) is 0.642. The number of hydrogen-bond acceptors (Lipinski definition) is 9. The summed E-state index contributed by atoms with van der Waals surface area (Å²) in [6.07, 6.45) is 1.72. The van der Waals surface area contributed by atoms with E-state index >= 15 is 0 Å². The molecule has 0 bridgehead atoms. The molecule has 2 aromatic heterocycles. The summed E-state index contributed by atoms with van der Waals surface area (Å²) >= 11 is 0. The largest absolute Gasteiger partial charge is 0.508 e. The lowest BCUT2D eigenvalue weighted by molar-refractivity contribution is -0.384. The van der Waals surface area contributed by atoms with E-state index in [9.17, 15) is 20.3 Å². The topological polar surface area (TPSA) is 151 Å². The SMILES string of the molecule is CCC(Nc1nc(NCc2cc([N+](=O)[O-])ccc2O)c2ncn(Cc3ccccc3)c2n1)C(C)O. The van der Waals surface area contributed by atoms with Crippen molar-refractivity contribution in [2.45, 2.75) is 45.5 Å². The fourth-order valence-corrected chi connectivity index (χ4v) is 3.76. The number of nitro benzene ring substituents is 1. The van der Waals surface area contributed by atoms with Gasteiger partial charge < -0.3 is 25.4 Å². The molecule has 2 heterocycles. The van der Waals surface area contributed by atoms with Crippen LogP contribution in [0.2, 0.25) is 0 Å². The smallest absolute Gasteiger partial charge is 0.270 e. The molecule has 0 radical (unpaired) electrons. The number of non-ortho nitro benzene ring substituents is 1. The average molecular weight is 478 g/mol. The molecule has 0 aliphatic carbocycles. The number of fused-ring (bicyclic) bond motifs is 1. The summed E-state index contributed by atoms with van der Waals surface area (Å²) < 4.78 is 1.90. The first-order valence-corrected chi connectivity index (χ1v) is 11.3. The Balaban J connectivity index is 1.70. The van der Waals surface area contributed by atoms with E-state index in [1.165, 1.54) is 18.2 Å². The zero-order valence-corrected chi connectivity index (χ0v) is 19.4. The van der Waals surface area contributed by atoms with Crippen molar-refractivity contribution in [2.24, 2.45) is 0 Å². The van der Waals surface area contributed by atoms with Crippen LogP contribution >= 0.6 is 0 Å². The molecule has 4 N–H and O–H groups in total. The fraction of sp³-hybridized carbons (Fsp3) is 0.292. The van der Waals surface area contributed by atoms with E-state index in [1.807, 2.05) is 41.8 Å². The maximum absolute atomic E-state index is 11.1. The Kier molecular flexibility index (Phi) is 7.06. The molecule has 2 unspecified atom stereocenters. The van der Waals surface area contributed by atoms with Gasteiger partial charge in [0.2, 0.25) is 5.95 Å². The Morgan fingerprint density at radius 3 is 2.63 bits per heavy atom. The van der Waals surface area contributed by atoms with Crippen LogP contribution in [0, 0.1) is 10.1 Å². The number of aromatic nitrogens is 4. The quantitative estimate of drug-likeness (QED) is 0.198. The molecule has 0 aliphatic heterocycles. The molecule has 0 spiro atoms. The number of aliphatic hydroxyl groups excluding tert-OH is 1. The lowest BCUT2D eigenvalue weighted by Crippen LogP contribution is -2.31. The molecule has 0 saturated heterocycles. The zero-order chi connectivity index (χ0) is 24.9. The maximum atomic E-state index is 11.1. The van der Waals surface area contributed by atoms with Gasteiger partial charge >= 0.3 is 0 Å². The average Bonchev–Trinajstić information content (AvgIpc) is 3.24. The van der Waals surface area contributed by atoms with Crippen LogP contribution < -0.4 is 10.6 Å². The van der Waals surface area contributed by atoms with Crippen LogP contribution in [-0.4, -0.2) is 46.8 Å². The standard InChI is InChI=1S/C24H27N7O4/c1-3-19(15(2)32)27-24-28-22(25-12-17-11-18(31(34)35)9-10-20(17)33)21-23(29-24)30(14-26-21)13-16-7-5-4-6-8-16/h4-11,14-15,19,32-33H,3,12-13H2,1-2H3,(H2,25,27,28,29). The number of aromatic hydroxyl groups is 1. The second kappa shape index (κ2) is 10.3. The summed E-state index contributed by atoms with van der Waals surface area (Å²) in [5, 5.41) is 37.7. The Bertz CT molecular complexity index is 1320. The number of phenolic OH excluding ortho intramolecular Hbond substituents is 1. The summed E-state index contributed by atoms with van der Waals surface area (Å²) in [4.78, 5) is 24.3. The van der Waals surface area contributed by atoms with Crippen molar-refractivity contribution >= 4 is 28.6 Å². The van der Waals surface area contributed by atoms with Gasteiger partial charge in [-0.15, -0.1) is 0 Å². The van der Waals surface area contributed by atoms with E-state index in [4.69, 9.17) is 0 Å². The van der Waals surface area contributed by atoms with Gasteiger partial charge in [0.15, 0.2) is 17.0 Å². The maximum Gasteiger partial charge on any atom is 0.270 e. The van der Waals surface area contributed by atoms with Gasteiger partial charge in [-0.05, 0) is 25.0 Å². The Labute approximate surface area is 201 Å². The van der Waals surface area contributed by atoms with Crippen molar-refractivity contribution in [2.75, 3.05) is 10.6 Å². The van der Waals surface area contributed by atoms with Crippen molar-refractivity contribution in [1.82, 2.24) is 19.5 Å². The molecule has 0 saturated carbocycles. The lowest BCUT2D eigenvalue weighted by Gasteiger charge is -2.20. The van der Waals surface area contributed by atoms with E-state index in [-0.39, 0.29) is 24.0 Å². The zero-order valence-electron chi connectivity index (χ0n) is 19.4. The molecular formula is C24H27N7O4. The van der Waals surface area contributed by atoms with E-state index in [0.717, 1.165) is 5.56 Å². The van der Waals surface area contributed by atoms with Crippen LogP contribution in [-0.2, 0) is 13.1 Å². The molecule has 2 aromatic carbocycles. The first-order chi connectivity index (χ1) is 16.9. The van der Waals surface area contributed by atoms with Crippen molar-refractivity contribution in [3.63, 3.8) is 0 Å². The third kappa shape index (κ3) is 5.46. The Hall–Kier alpha value is -4.25. The summed E-state index contributed by atoms with van der Waals surface area (Å²) in [7, 11) is 0. The van der Waals surface area contributed by atoms with Gasteiger partial charge in [-0.3, -0.25) is 10.1 Å². The lowest BCUT2D eigenvalue weighted by atomic mass is 10.1. The summed E-state index contributed by atoms with van der Waals surface area (Å²) in [6, 6.07) is 13.5. The molecule has 0 amide bonds. The van der Waals surface area contributed by atoms with Gasteiger partial charge in [-0.25, -0.2) is 4.98 Å². The summed E-state index contributed by atoms with van der Waals surface area (Å²) in [6.45, 7) is 4.28. The van der Waals surface area contributed by atoms with Crippen LogP contribution in [0.3, 0.4) is 0 Å². The summed E-state index contributed by atoms with van der Waals surface area (Å²) in [5.41, 5.74) is 2.40. The van der Waals surface area contributed by atoms with E-state index in [2.05, 4.69) is 25.6 Å². The number of nitro groups is 1. The first kappa shape index (κ1) is 23.9. The number of anilines is 2. The second-order valence-corrected chi connectivity index (χ2v) is 8.25. The van der Waals surface area contributed by atoms with E-state index < -0.39 is 11.0 Å². The predicted molar refractivity (Wildman–Crippen MR) is 132 cm³/mol. The number of benzene rings is 2. The number of nitrogens with zero attached hydrogens (tertiary/aromatic N) is 5. The van der Waals surface area contributed by atoms with Crippen LogP contribution in [0.5, 0.6) is 5.75 Å². The number of imidazole rings is 1. The first-order valence-electron chi connectivity index (χ1n) is 11.3. The molecule has 11 nitrogen and oxygen atoms in total. The highest BCUT2D eigenvalue weighted by Gasteiger charge is 2.19. The Morgan fingerprint density at radius 2 is 1.94 bits per heavy atom. The minimum absolute atomic E-state index is 0.0680. The number of nitrogens with one attached hydrogen (secondary N) is 2. The van der Waals surface area contributed by atoms with Crippen LogP contribution in [0.4, 0.5) is 17.5 Å². The monoisotopic (exact) mass is 477 g/mol. The molecule has 35 heavy (non-hydrogen) atoms. The fourth-order valence-electron chi connectivity index (χ4n) is 3.76. The third-order valence-corrected chi connectivity index (χ3v) is 5.72. The van der Waals surface area contributed by atoms with Gasteiger partial charge in [0.05, 0.1) is 29.9 Å². The highest BCUT2D eigenvalue weighted by Crippen LogP contribution is 2.26. The van der Waals surface area contributed by atoms with Crippen LogP contribution in [0.15, 0.2) is 54.9 Å². The van der Waals surface area contributed by atoms with Crippen molar-refractivity contribution < 1.29 is 15.1 Å². The third-order valence-electron chi connectivity index (χ3n) is 5.72. The highest BCUT2D eigenvalue weighted by molar-refractivity contribution is 5.84. The Morgan fingerprint density at radius 1 is 1.17 bits per heavy atom. The molecule has 4 aromatic rings. The van der Waals surface area contributed by atoms with Gasteiger partial charge in [0.1, 0.15) is 5.75 Å². The number of phenols is 1. The number of hydrogen-bond donors (Lipinski definition) is 4. The van der Waals surface area contributed by atoms with Crippen LogP contribution in [0.25, 0.3) is 11.2 Å². The predicted octanol–water partition coefficient (Wildman–Crippen LogP) is 3.67. The van der Waals surface area contributed by atoms with Crippen molar-refractivity contribution in [3.05, 3.63) is 76.1 Å². The van der Waals surface area contributed by atoms with Gasteiger partial charge in [-0.2, -0.15) is 9.97 Å². The van der Waals surface area contributed by atoms with Gasteiger partial charge in [0, 0.05) is 24.2 Å². The molecule has 0 fully saturated rings. The van der Waals surface area contributed by atoms with Gasteiger partial charge in [0.25, 0.3) is 5.69 Å². The second-order valence-electron chi connectivity index (χ2n) is 8.25. The molecule has 2 atom stereocenters. The van der Waals surface area contributed by atoms with Crippen molar-refractivity contribution in [1.29, 1.82) is 0 Å². The molecule has 4 rings (SSSR count). The number of rotatable bonds is 10. The van der Waals surface area contributed by atoms with Crippen LogP contribution in [0.1, 0.15) is 31.4 Å². The molecular weight excluding hydrogens is 450 g/mol. The van der Waals surface area contributed by atoms with E-state index in [1.54, 1.807) is 13.3 Å². The minimum Gasteiger partial charge on any atom is -0.508 e. The minimum atomic E-state index is -0.619. The molecule has 11 heteroatoms. The van der Waals surface area contributed by atoms with Gasteiger partial charge in [-0.1, -0.05) is 37.3 Å². The molecule has 182 valence electrons.